The van der Waals surface area contributed by atoms with E-state index >= 15 is 0 Å². The lowest BCUT2D eigenvalue weighted by Crippen LogP contribution is -2.43. The summed E-state index contributed by atoms with van der Waals surface area (Å²) in [6.45, 7) is 4.08. The van der Waals surface area contributed by atoms with Crippen LogP contribution in [0, 0.1) is 12.7 Å². The van der Waals surface area contributed by atoms with E-state index in [1.807, 2.05) is 0 Å². The third kappa shape index (κ3) is 4.41. The van der Waals surface area contributed by atoms with Crippen LogP contribution in [0.4, 0.5) is 10.1 Å². The summed E-state index contributed by atoms with van der Waals surface area (Å²) in [5.74, 6) is -1.21. The molecule has 0 radical (unpaired) electrons. The van der Waals surface area contributed by atoms with Gasteiger partial charge in [0.1, 0.15) is 5.82 Å². The van der Waals surface area contributed by atoms with Crippen LogP contribution in [0.3, 0.4) is 0 Å². The second-order valence-electron chi connectivity index (χ2n) is 7.00. The van der Waals surface area contributed by atoms with Gasteiger partial charge in [-0.2, -0.15) is 0 Å². The normalized spacial score (nSPS) is 14.9. The number of fused-ring (bicyclic) bond motifs is 1. The Hall–Kier alpha value is -3.46. The Kier molecular flexibility index (Phi) is 6.31. The molecule has 30 heavy (non-hydrogen) atoms. The number of carbonyl (C=O) groups excluding carboxylic acids is 3. The quantitative estimate of drug-likeness (QED) is 0.349. The van der Waals surface area contributed by atoms with Crippen molar-refractivity contribution < 1.29 is 18.8 Å². The maximum atomic E-state index is 13.6. The molecule has 3 rings (SSSR count). The first kappa shape index (κ1) is 21.3. The Morgan fingerprint density at radius 3 is 2.70 bits per heavy atom. The number of likely N-dealkylation sites (N-methyl/N-ethyl adjacent to an activating group) is 1. The molecular formula is C21H24FN5O3. The van der Waals surface area contributed by atoms with E-state index in [0.717, 1.165) is 0 Å². The highest BCUT2D eigenvalue weighted by Gasteiger charge is 2.25. The topological polar surface area (TPSA) is 115 Å². The predicted molar refractivity (Wildman–Crippen MR) is 112 cm³/mol. The van der Waals surface area contributed by atoms with Gasteiger partial charge in [-0.25, -0.2) is 4.39 Å². The van der Waals surface area contributed by atoms with Gasteiger partial charge in [-0.3, -0.25) is 14.4 Å². The highest BCUT2D eigenvalue weighted by atomic mass is 19.1. The van der Waals surface area contributed by atoms with Crippen molar-refractivity contribution in [2.45, 2.75) is 19.9 Å². The number of benzene rings is 1. The zero-order valence-electron chi connectivity index (χ0n) is 17.0. The number of anilines is 1. The van der Waals surface area contributed by atoms with Gasteiger partial charge in [-0.1, -0.05) is 0 Å². The fraction of sp³-hybridized carbons (Fsp3) is 0.286. The van der Waals surface area contributed by atoms with Gasteiger partial charge in [0.15, 0.2) is 0 Å². The van der Waals surface area contributed by atoms with Gasteiger partial charge in [-0.05, 0) is 50.7 Å². The van der Waals surface area contributed by atoms with E-state index in [1.54, 1.807) is 33.2 Å². The molecule has 1 aromatic carbocycles. The number of aromatic amines is 1. The molecule has 1 aromatic heterocycles. The number of nitrogens with one attached hydrogen (secondary N) is 5. The van der Waals surface area contributed by atoms with Gasteiger partial charge in [0.25, 0.3) is 11.8 Å². The molecule has 0 saturated heterocycles. The van der Waals surface area contributed by atoms with Gasteiger partial charge >= 0.3 is 0 Å². The van der Waals surface area contributed by atoms with Crippen molar-refractivity contribution in [2.75, 3.05) is 25.5 Å². The smallest absolute Gasteiger partial charge is 0.256 e. The lowest BCUT2D eigenvalue weighted by molar-refractivity contribution is -0.122. The Morgan fingerprint density at radius 1 is 1.23 bits per heavy atom. The van der Waals surface area contributed by atoms with Crippen molar-refractivity contribution in [3.8, 4) is 0 Å². The number of amides is 3. The maximum Gasteiger partial charge on any atom is 0.256 e. The number of aromatic nitrogens is 1. The molecule has 9 heteroatoms. The summed E-state index contributed by atoms with van der Waals surface area (Å²) in [5.41, 5.74) is 3.01. The van der Waals surface area contributed by atoms with Crippen LogP contribution in [0.15, 0.2) is 24.4 Å². The lowest BCUT2D eigenvalue weighted by Gasteiger charge is -2.11. The Bertz CT molecular complexity index is 1030. The third-order valence-corrected chi connectivity index (χ3v) is 5.01. The van der Waals surface area contributed by atoms with Crippen molar-refractivity contribution in [3.05, 3.63) is 52.6 Å². The second kappa shape index (κ2) is 8.91. The SMILES string of the molecule is CN[C@@H](C)C(=O)NCCNC(=O)c1c[nH]c(/C=C2\C(=O)Nc3ccc(F)cc32)c1C. The number of H-pyrrole nitrogens is 1. The minimum absolute atomic E-state index is 0.148. The van der Waals surface area contributed by atoms with Gasteiger partial charge < -0.3 is 26.3 Å². The van der Waals surface area contributed by atoms with E-state index < -0.39 is 5.82 Å². The van der Waals surface area contributed by atoms with Crippen LogP contribution in [-0.2, 0) is 9.59 Å². The van der Waals surface area contributed by atoms with Gasteiger partial charge in [0.05, 0.1) is 17.2 Å². The van der Waals surface area contributed by atoms with E-state index in [4.69, 9.17) is 0 Å². The first-order valence-corrected chi connectivity index (χ1v) is 9.56. The third-order valence-electron chi connectivity index (χ3n) is 5.01. The lowest BCUT2D eigenvalue weighted by atomic mass is 10.0. The number of rotatable bonds is 7. The number of halogens is 1. The van der Waals surface area contributed by atoms with Crippen LogP contribution < -0.4 is 21.3 Å². The Morgan fingerprint density at radius 2 is 1.97 bits per heavy atom. The second-order valence-corrected chi connectivity index (χ2v) is 7.00. The van der Waals surface area contributed by atoms with Crippen LogP contribution >= 0.6 is 0 Å². The predicted octanol–water partition coefficient (Wildman–Crippen LogP) is 1.41. The molecule has 1 aliphatic heterocycles. The molecule has 158 valence electrons. The fourth-order valence-electron chi connectivity index (χ4n) is 3.09. The summed E-state index contributed by atoms with van der Waals surface area (Å²) in [7, 11) is 1.69. The summed E-state index contributed by atoms with van der Waals surface area (Å²) < 4.78 is 13.6. The first-order valence-electron chi connectivity index (χ1n) is 9.56. The molecule has 1 atom stereocenters. The minimum Gasteiger partial charge on any atom is -0.361 e. The molecule has 0 bridgehead atoms. The van der Waals surface area contributed by atoms with Gasteiger partial charge in [-0.15, -0.1) is 0 Å². The highest BCUT2D eigenvalue weighted by molar-refractivity contribution is 6.34. The van der Waals surface area contributed by atoms with Crippen molar-refractivity contribution in [1.29, 1.82) is 0 Å². The molecule has 0 unspecified atom stereocenters. The Labute approximate surface area is 173 Å². The first-order chi connectivity index (χ1) is 14.3. The average molecular weight is 413 g/mol. The van der Waals surface area contributed by atoms with E-state index in [-0.39, 0.29) is 30.3 Å². The van der Waals surface area contributed by atoms with Crippen LogP contribution in [0.2, 0.25) is 0 Å². The van der Waals surface area contributed by atoms with E-state index in [1.165, 1.54) is 18.2 Å². The summed E-state index contributed by atoms with van der Waals surface area (Å²) in [4.78, 5) is 39.4. The molecule has 2 aromatic rings. The van der Waals surface area contributed by atoms with Crippen LogP contribution in [-0.4, -0.2) is 48.9 Å². The fourth-order valence-corrected chi connectivity index (χ4v) is 3.09. The number of hydrogen-bond acceptors (Lipinski definition) is 4. The Balaban J connectivity index is 1.67. The van der Waals surface area contributed by atoms with Crippen molar-refractivity contribution in [1.82, 2.24) is 20.9 Å². The van der Waals surface area contributed by atoms with E-state index in [0.29, 0.717) is 40.2 Å². The molecule has 5 N–H and O–H groups in total. The standard InChI is InChI=1S/C21H24FN5O3/c1-11-16(20(29)25-7-6-24-19(28)12(2)23-3)10-26-18(11)9-15-14-8-13(22)4-5-17(14)27-21(15)30/h4-5,8-10,12,23,26H,6-7H2,1-3H3,(H,24,28)(H,25,29)(H,27,30)/b15-9-/t12-/m0/s1. The van der Waals surface area contributed by atoms with Crippen LogP contribution in [0.1, 0.15) is 34.1 Å². The maximum absolute atomic E-state index is 13.6. The van der Waals surface area contributed by atoms with Crippen molar-refractivity contribution >= 4 is 35.1 Å². The zero-order chi connectivity index (χ0) is 21.8. The molecule has 0 spiro atoms. The molecule has 8 nitrogen and oxygen atoms in total. The molecule has 0 aliphatic carbocycles. The zero-order valence-corrected chi connectivity index (χ0v) is 17.0. The summed E-state index contributed by atoms with van der Waals surface area (Å²) in [5, 5.41) is 11.0. The summed E-state index contributed by atoms with van der Waals surface area (Å²) in [6, 6.07) is 3.79. The van der Waals surface area contributed by atoms with E-state index in [9.17, 15) is 18.8 Å². The largest absolute Gasteiger partial charge is 0.361 e. The van der Waals surface area contributed by atoms with Crippen molar-refractivity contribution in [3.63, 3.8) is 0 Å². The van der Waals surface area contributed by atoms with Crippen molar-refractivity contribution in [2.24, 2.45) is 0 Å². The molecule has 0 saturated carbocycles. The molecule has 0 fully saturated rings. The van der Waals surface area contributed by atoms with Gasteiger partial charge in [0.2, 0.25) is 5.91 Å². The molecular weight excluding hydrogens is 389 g/mol. The van der Waals surface area contributed by atoms with E-state index in [2.05, 4.69) is 26.3 Å². The highest BCUT2D eigenvalue weighted by Crippen LogP contribution is 2.34. The molecule has 3 amide bonds. The minimum atomic E-state index is -0.435. The van der Waals surface area contributed by atoms with Gasteiger partial charge in [0, 0.05) is 36.2 Å². The molecule has 2 heterocycles. The average Bonchev–Trinajstić information content (AvgIpc) is 3.24. The monoisotopic (exact) mass is 413 g/mol. The number of hydrogen-bond donors (Lipinski definition) is 5. The molecule has 1 aliphatic rings. The summed E-state index contributed by atoms with van der Waals surface area (Å²) in [6.07, 6.45) is 3.16. The number of carbonyl (C=O) groups is 3. The summed E-state index contributed by atoms with van der Waals surface area (Å²) >= 11 is 0. The van der Waals surface area contributed by atoms with Crippen LogP contribution in [0.5, 0.6) is 0 Å². The van der Waals surface area contributed by atoms with Crippen LogP contribution in [0.25, 0.3) is 11.6 Å².